The number of benzene rings is 1. The zero-order chi connectivity index (χ0) is 11.1. The van der Waals surface area contributed by atoms with Crippen LogP contribution in [0.2, 0.25) is 0 Å². The van der Waals surface area contributed by atoms with Crippen molar-refractivity contribution in [2.75, 3.05) is 6.61 Å². The van der Waals surface area contributed by atoms with Gasteiger partial charge in [-0.2, -0.15) is 0 Å². The molecule has 0 fully saturated rings. The van der Waals surface area contributed by atoms with E-state index in [2.05, 4.69) is 29.8 Å². The number of hydrogen-bond acceptors (Lipinski definition) is 1. The van der Waals surface area contributed by atoms with Crippen LogP contribution in [0.3, 0.4) is 0 Å². The van der Waals surface area contributed by atoms with E-state index in [1.54, 1.807) is 0 Å². The Morgan fingerprint density at radius 3 is 2.47 bits per heavy atom. The Kier molecular flexibility index (Phi) is 5.77. The number of ether oxygens (including phenoxy) is 1. The first kappa shape index (κ1) is 12.6. The second-order valence-electron chi connectivity index (χ2n) is 4.06. The third kappa shape index (κ3) is 5.22. The fourth-order valence-electron chi connectivity index (χ4n) is 1.32. The van der Waals surface area contributed by atoms with Crippen molar-refractivity contribution in [3.8, 4) is 5.75 Å². The molecule has 0 aromatic heterocycles. The highest BCUT2D eigenvalue weighted by atomic mass is 79.9. The van der Waals surface area contributed by atoms with Crippen LogP contribution >= 0.6 is 15.9 Å². The highest BCUT2D eigenvalue weighted by Gasteiger charge is 2.07. The molecule has 0 N–H and O–H groups in total. The van der Waals surface area contributed by atoms with Gasteiger partial charge in [-0.25, -0.2) is 0 Å². The molecular formula is C13H19BrO. The first-order chi connectivity index (χ1) is 7.20. The Labute approximate surface area is 101 Å². The summed E-state index contributed by atoms with van der Waals surface area (Å²) in [5, 5.41) is 0. The maximum atomic E-state index is 5.62. The summed E-state index contributed by atoms with van der Waals surface area (Å²) < 4.78 is 5.62. The molecule has 0 radical (unpaired) electrons. The van der Waals surface area contributed by atoms with E-state index in [4.69, 9.17) is 4.74 Å². The van der Waals surface area contributed by atoms with Crippen LogP contribution in [0.1, 0.15) is 26.7 Å². The lowest BCUT2D eigenvalue weighted by atomic mass is 10.1. The van der Waals surface area contributed by atoms with Gasteiger partial charge < -0.3 is 4.74 Å². The second kappa shape index (κ2) is 6.89. The van der Waals surface area contributed by atoms with Crippen molar-refractivity contribution < 1.29 is 4.74 Å². The number of hydrogen-bond donors (Lipinski definition) is 0. The number of alkyl halides is 1. The first-order valence-electron chi connectivity index (χ1n) is 5.52. The molecule has 1 atom stereocenters. The van der Waals surface area contributed by atoms with Gasteiger partial charge in [-0.15, -0.1) is 0 Å². The van der Waals surface area contributed by atoms with Gasteiger partial charge in [0.2, 0.25) is 0 Å². The van der Waals surface area contributed by atoms with Gasteiger partial charge in [0.15, 0.2) is 0 Å². The minimum absolute atomic E-state index is 0.608. The molecule has 0 saturated heterocycles. The molecule has 0 bridgehead atoms. The van der Waals surface area contributed by atoms with Crippen LogP contribution in [-0.4, -0.2) is 11.4 Å². The molecule has 2 heteroatoms. The quantitative estimate of drug-likeness (QED) is 0.554. The lowest BCUT2D eigenvalue weighted by Gasteiger charge is -2.13. The van der Waals surface area contributed by atoms with Crippen LogP contribution in [0.25, 0.3) is 0 Å². The SMILES string of the molecule is CC(C)C(Br)CCCOc1ccccc1. The summed E-state index contributed by atoms with van der Waals surface area (Å²) in [5.74, 6) is 1.66. The third-order valence-electron chi connectivity index (χ3n) is 2.36. The molecule has 0 aliphatic heterocycles. The van der Waals surface area contributed by atoms with Crippen molar-refractivity contribution in [1.29, 1.82) is 0 Å². The summed E-state index contributed by atoms with van der Waals surface area (Å²) in [6.07, 6.45) is 2.27. The Morgan fingerprint density at radius 1 is 1.20 bits per heavy atom. The maximum Gasteiger partial charge on any atom is 0.119 e. The van der Waals surface area contributed by atoms with Crippen LogP contribution < -0.4 is 4.74 Å². The van der Waals surface area contributed by atoms with Gasteiger partial charge >= 0.3 is 0 Å². The summed E-state index contributed by atoms with van der Waals surface area (Å²) in [6.45, 7) is 5.27. The predicted molar refractivity (Wildman–Crippen MR) is 68.7 cm³/mol. The summed E-state index contributed by atoms with van der Waals surface area (Å²) in [7, 11) is 0. The van der Waals surface area contributed by atoms with E-state index in [9.17, 15) is 0 Å². The fourth-order valence-corrected chi connectivity index (χ4v) is 1.64. The fraction of sp³-hybridized carbons (Fsp3) is 0.538. The smallest absolute Gasteiger partial charge is 0.119 e. The average Bonchev–Trinajstić information content (AvgIpc) is 2.25. The number of halogens is 1. The molecule has 0 aliphatic carbocycles. The van der Waals surface area contributed by atoms with Gasteiger partial charge in [0.25, 0.3) is 0 Å². The van der Waals surface area contributed by atoms with E-state index in [0.29, 0.717) is 10.7 Å². The van der Waals surface area contributed by atoms with Crippen LogP contribution in [0.4, 0.5) is 0 Å². The van der Waals surface area contributed by atoms with Crippen molar-refractivity contribution in [3.05, 3.63) is 30.3 Å². The van der Waals surface area contributed by atoms with E-state index in [0.717, 1.165) is 18.8 Å². The van der Waals surface area contributed by atoms with E-state index in [1.165, 1.54) is 6.42 Å². The predicted octanol–water partition coefficient (Wildman–Crippen LogP) is 4.27. The normalized spacial score (nSPS) is 12.8. The molecular weight excluding hydrogens is 252 g/mol. The zero-order valence-electron chi connectivity index (χ0n) is 9.45. The van der Waals surface area contributed by atoms with Gasteiger partial charge in [0.1, 0.15) is 5.75 Å². The van der Waals surface area contributed by atoms with E-state index in [-0.39, 0.29) is 0 Å². The molecule has 15 heavy (non-hydrogen) atoms. The lowest BCUT2D eigenvalue weighted by Crippen LogP contribution is -2.09. The van der Waals surface area contributed by atoms with Gasteiger partial charge in [-0.1, -0.05) is 48.0 Å². The lowest BCUT2D eigenvalue weighted by molar-refractivity contribution is 0.303. The summed E-state index contributed by atoms with van der Waals surface area (Å²) in [4.78, 5) is 0.608. The number of para-hydroxylation sites is 1. The standard InChI is InChI=1S/C13H19BrO/c1-11(2)13(14)9-6-10-15-12-7-4-3-5-8-12/h3-5,7-8,11,13H,6,9-10H2,1-2H3. The van der Waals surface area contributed by atoms with E-state index in [1.807, 2.05) is 30.3 Å². The average molecular weight is 271 g/mol. The monoisotopic (exact) mass is 270 g/mol. The van der Waals surface area contributed by atoms with Crippen LogP contribution in [0, 0.1) is 5.92 Å². The zero-order valence-corrected chi connectivity index (χ0v) is 11.0. The molecule has 0 saturated carbocycles. The maximum absolute atomic E-state index is 5.62. The Morgan fingerprint density at radius 2 is 1.87 bits per heavy atom. The molecule has 84 valence electrons. The molecule has 0 amide bonds. The minimum atomic E-state index is 0.608. The molecule has 1 aromatic rings. The molecule has 1 nitrogen and oxygen atoms in total. The Balaban J connectivity index is 2.12. The summed E-state index contributed by atoms with van der Waals surface area (Å²) in [6, 6.07) is 9.98. The van der Waals surface area contributed by atoms with Crippen LogP contribution in [0.15, 0.2) is 30.3 Å². The largest absolute Gasteiger partial charge is 0.494 e. The van der Waals surface area contributed by atoms with Gasteiger partial charge in [-0.05, 0) is 30.9 Å². The van der Waals surface area contributed by atoms with E-state index < -0.39 is 0 Å². The van der Waals surface area contributed by atoms with Gasteiger partial charge in [0.05, 0.1) is 6.61 Å². The molecule has 0 aliphatic rings. The van der Waals surface area contributed by atoms with Crippen molar-refractivity contribution in [1.82, 2.24) is 0 Å². The highest BCUT2D eigenvalue weighted by Crippen LogP contribution is 2.18. The summed E-state index contributed by atoms with van der Waals surface area (Å²) >= 11 is 3.67. The van der Waals surface area contributed by atoms with Gasteiger partial charge in [-0.3, -0.25) is 0 Å². The molecule has 0 heterocycles. The first-order valence-corrected chi connectivity index (χ1v) is 6.43. The minimum Gasteiger partial charge on any atom is -0.494 e. The van der Waals surface area contributed by atoms with Gasteiger partial charge in [0, 0.05) is 4.83 Å². The topological polar surface area (TPSA) is 9.23 Å². The summed E-state index contributed by atoms with van der Waals surface area (Å²) in [5.41, 5.74) is 0. The Bertz CT molecular complexity index is 258. The van der Waals surface area contributed by atoms with Crippen molar-refractivity contribution >= 4 is 15.9 Å². The second-order valence-corrected chi connectivity index (χ2v) is 5.24. The molecule has 1 aromatic carbocycles. The molecule has 1 unspecified atom stereocenters. The van der Waals surface area contributed by atoms with Crippen molar-refractivity contribution in [2.24, 2.45) is 5.92 Å². The molecule has 1 rings (SSSR count). The van der Waals surface area contributed by atoms with Crippen LogP contribution in [0.5, 0.6) is 5.75 Å². The Hall–Kier alpha value is -0.500. The van der Waals surface area contributed by atoms with E-state index >= 15 is 0 Å². The van der Waals surface area contributed by atoms with Crippen molar-refractivity contribution in [2.45, 2.75) is 31.5 Å². The van der Waals surface area contributed by atoms with Crippen molar-refractivity contribution in [3.63, 3.8) is 0 Å². The third-order valence-corrected chi connectivity index (χ3v) is 3.87. The molecule has 0 spiro atoms. The highest BCUT2D eigenvalue weighted by molar-refractivity contribution is 9.09. The number of rotatable bonds is 6. The van der Waals surface area contributed by atoms with Crippen LogP contribution in [-0.2, 0) is 0 Å².